The summed E-state index contributed by atoms with van der Waals surface area (Å²) in [7, 11) is 0. The number of fused-ring (bicyclic) bond motifs is 1. The van der Waals surface area contributed by atoms with E-state index in [9.17, 15) is 4.79 Å². The highest BCUT2D eigenvalue weighted by Crippen LogP contribution is 2.32. The van der Waals surface area contributed by atoms with Crippen molar-refractivity contribution in [3.8, 4) is 0 Å². The Kier molecular flexibility index (Phi) is 4.48. The highest BCUT2D eigenvalue weighted by atomic mass is 32.2. The predicted octanol–water partition coefficient (Wildman–Crippen LogP) is 3.30. The van der Waals surface area contributed by atoms with Gasteiger partial charge in [-0.25, -0.2) is 0 Å². The van der Waals surface area contributed by atoms with Gasteiger partial charge in [-0.2, -0.15) is 0 Å². The number of carbonyl (C=O) groups excluding carboxylic acids is 1. The van der Waals surface area contributed by atoms with Crippen LogP contribution in [0.25, 0.3) is 10.8 Å². The number of thioether (sulfide) groups is 1. The lowest BCUT2D eigenvalue weighted by Crippen LogP contribution is -2.47. The van der Waals surface area contributed by atoms with Crippen LogP contribution in [0.4, 0.5) is 0 Å². The second kappa shape index (κ2) is 6.75. The van der Waals surface area contributed by atoms with E-state index in [0.29, 0.717) is 19.0 Å². The minimum atomic E-state index is -0.414. The number of hydrogen-bond acceptors (Lipinski definition) is 4. The second-order valence-corrected chi connectivity index (χ2v) is 7.33. The van der Waals surface area contributed by atoms with Crippen LogP contribution in [0.2, 0.25) is 0 Å². The molecule has 0 saturated carbocycles. The van der Waals surface area contributed by atoms with Gasteiger partial charge in [0.25, 0.3) is 0 Å². The van der Waals surface area contributed by atoms with Crippen molar-refractivity contribution in [2.45, 2.75) is 23.5 Å². The molecule has 126 valence electrons. The van der Waals surface area contributed by atoms with E-state index in [1.54, 1.807) is 11.8 Å². The SMILES string of the molecule is O=C(CSc1ccc2ccccc2c1)N1CCC2(CC1)OCCO2. The number of rotatable bonds is 3. The van der Waals surface area contributed by atoms with Gasteiger partial charge in [0.1, 0.15) is 0 Å². The molecule has 2 heterocycles. The van der Waals surface area contributed by atoms with E-state index in [4.69, 9.17) is 9.47 Å². The Morgan fingerprint density at radius 1 is 1.04 bits per heavy atom. The molecule has 2 aliphatic heterocycles. The molecule has 0 unspecified atom stereocenters. The fourth-order valence-electron chi connectivity index (χ4n) is 3.38. The van der Waals surface area contributed by atoms with Crippen molar-refractivity contribution in [1.82, 2.24) is 4.90 Å². The van der Waals surface area contributed by atoms with Gasteiger partial charge in [-0.15, -0.1) is 11.8 Å². The van der Waals surface area contributed by atoms with Crippen molar-refractivity contribution >= 4 is 28.4 Å². The maximum Gasteiger partial charge on any atom is 0.232 e. The molecule has 2 aliphatic rings. The molecule has 4 nitrogen and oxygen atoms in total. The highest BCUT2D eigenvalue weighted by Gasteiger charge is 2.40. The van der Waals surface area contributed by atoms with Crippen LogP contribution in [0.15, 0.2) is 47.4 Å². The summed E-state index contributed by atoms with van der Waals surface area (Å²) >= 11 is 1.61. The molecule has 2 aromatic rings. The first-order valence-electron chi connectivity index (χ1n) is 8.41. The largest absolute Gasteiger partial charge is 0.347 e. The van der Waals surface area contributed by atoms with Crippen LogP contribution >= 0.6 is 11.8 Å². The Morgan fingerprint density at radius 2 is 1.75 bits per heavy atom. The fourth-order valence-corrected chi connectivity index (χ4v) is 4.22. The van der Waals surface area contributed by atoms with E-state index in [0.717, 1.165) is 30.8 Å². The van der Waals surface area contributed by atoms with Crippen LogP contribution in [-0.2, 0) is 14.3 Å². The number of amides is 1. The normalized spacial score (nSPS) is 19.9. The maximum absolute atomic E-state index is 12.5. The zero-order valence-corrected chi connectivity index (χ0v) is 14.4. The average Bonchev–Trinajstić information content (AvgIpc) is 3.08. The molecule has 2 aromatic carbocycles. The van der Waals surface area contributed by atoms with Gasteiger partial charge in [0.2, 0.25) is 5.91 Å². The van der Waals surface area contributed by atoms with E-state index in [-0.39, 0.29) is 5.91 Å². The molecule has 0 N–H and O–H groups in total. The molecule has 5 heteroatoms. The number of piperidine rings is 1. The smallest absolute Gasteiger partial charge is 0.232 e. The Bertz CT molecular complexity index is 732. The van der Waals surface area contributed by atoms with Gasteiger partial charge in [0.05, 0.1) is 19.0 Å². The molecule has 1 spiro atoms. The van der Waals surface area contributed by atoms with Crippen molar-refractivity contribution in [3.63, 3.8) is 0 Å². The molecule has 2 saturated heterocycles. The minimum Gasteiger partial charge on any atom is -0.347 e. The summed E-state index contributed by atoms with van der Waals surface area (Å²) in [4.78, 5) is 15.5. The van der Waals surface area contributed by atoms with Gasteiger partial charge in [0.15, 0.2) is 5.79 Å². The van der Waals surface area contributed by atoms with Crippen molar-refractivity contribution in [1.29, 1.82) is 0 Å². The van der Waals surface area contributed by atoms with Crippen LogP contribution in [-0.4, -0.2) is 48.7 Å². The lowest BCUT2D eigenvalue weighted by Gasteiger charge is -2.37. The second-order valence-electron chi connectivity index (χ2n) is 6.29. The Morgan fingerprint density at radius 3 is 2.50 bits per heavy atom. The molecule has 0 aliphatic carbocycles. The Balaban J connectivity index is 1.33. The Labute approximate surface area is 146 Å². The molecule has 0 aromatic heterocycles. The third-order valence-corrected chi connectivity index (χ3v) is 5.75. The van der Waals surface area contributed by atoms with Crippen LogP contribution in [0.3, 0.4) is 0 Å². The van der Waals surface area contributed by atoms with Crippen molar-refractivity contribution in [2.24, 2.45) is 0 Å². The third-order valence-electron chi connectivity index (χ3n) is 4.77. The van der Waals surface area contributed by atoms with Crippen molar-refractivity contribution in [2.75, 3.05) is 32.1 Å². The van der Waals surface area contributed by atoms with Gasteiger partial charge >= 0.3 is 0 Å². The summed E-state index contributed by atoms with van der Waals surface area (Å²) in [5.41, 5.74) is 0. The summed E-state index contributed by atoms with van der Waals surface area (Å²) in [6, 6.07) is 14.6. The van der Waals surface area contributed by atoms with E-state index in [1.165, 1.54) is 10.8 Å². The lowest BCUT2D eigenvalue weighted by atomic mass is 10.0. The molecule has 0 radical (unpaired) electrons. The van der Waals surface area contributed by atoms with Crippen molar-refractivity contribution in [3.05, 3.63) is 42.5 Å². The van der Waals surface area contributed by atoms with Gasteiger partial charge in [-0.05, 0) is 22.9 Å². The number of benzene rings is 2. The first-order valence-corrected chi connectivity index (χ1v) is 9.40. The van der Waals surface area contributed by atoms with Gasteiger partial charge in [0, 0.05) is 30.8 Å². The zero-order chi connectivity index (χ0) is 16.4. The monoisotopic (exact) mass is 343 g/mol. The maximum atomic E-state index is 12.5. The number of carbonyl (C=O) groups is 1. The van der Waals surface area contributed by atoms with Gasteiger partial charge in [-0.3, -0.25) is 4.79 Å². The number of ether oxygens (including phenoxy) is 2. The number of hydrogen-bond donors (Lipinski definition) is 0. The number of likely N-dealkylation sites (tertiary alicyclic amines) is 1. The Hall–Kier alpha value is -1.56. The summed E-state index contributed by atoms with van der Waals surface area (Å²) in [5.74, 6) is 0.260. The molecular weight excluding hydrogens is 322 g/mol. The van der Waals surface area contributed by atoms with Crippen LogP contribution in [0, 0.1) is 0 Å². The fraction of sp³-hybridized carbons (Fsp3) is 0.421. The molecule has 1 amide bonds. The third kappa shape index (κ3) is 3.29. The first kappa shape index (κ1) is 15.9. The summed E-state index contributed by atoms with van der Waals surface area (Å²) in [5, 5.41) is 2.44. The van der Waals surface area contributed by atoms with Crippen LogP contribution in [0.5, 0.6) is 0 Å². The van der Waals surface area contributed by atoms with E-state index in [2.05, 4.69) is 30.3 Å². The first-order chi connectivity index (χ1) is 11.7. The minimum absolute atomic E-state index is 0.195. The molecule has 2 fully saturated rings. The summed E-state index contributed by atoms with van der Waals surface area (Å²) in [6.45, 7) is 2.78. The molecule has 24 heavy (non-hydrogen) atoms. The zero-order valence-electron chi connectivity index (χ0n) is 13.6. The molecular formula is C19H21NO3S. The van der Waals surface area contributed by atoms with Gasteiger partial charge in [-0.1, -0.05) is 30.3 Å². The predicted molar refractivity (Wildman–Crippen MR) is 95.1 cm³/mol. The summed E-state index contributed by atoms with van der Waals surface area (Å²) < 4.78 is 11.4. The topological polar surface area (TPSA) is 38.8 Å². The molecule has 4 rings (SSSR count). The van der Waals surface area contributed by atoms with E-state index in [1.807, 2.05) is 17.0 Å². The van der Waals surface area contributed by atoms with Crippen LogP contribution in [0.1, 0.15) is 12.8 Å². The van der Waals surface area contributed by atoms with Gasteiger partial charge < -0.3 is 14.4 Å². The highest BCUT2D eigenvalue weighted by molar-refractivity contribution is 8.00. The van der Waals surface area contributed by atoms with Crippen molar-refractivity contribution < 1.29 is 14.3 Å². The standard InChI is InChI=1S/C19H21NO3S/c21-18(20-9-7-19(8-10-20)22-11-12-23-19)14-24-17-6-5-15-3-1-2-4-16(15)13-17/h1-6,13H,7-12,14H2. The van der Waals surface area contributed by atoms with E-state index >= 15 is 0 Å². The quantitative estimate of drug-likeness (QED) is 0.802. The molecule has 0 atom stereocenters. The number of nitrogens with zero attached hydrogens (tertiary/aromatic N) is 1. The van der Waals surface area contributed by atoms with E-state index < -0.39 is 5.79 Å². The van der Waals surface area contributed by atoms with Crippen LogP contribution < -0.4 is 0 Å². The lowest BCUT2D eigenvalue weighted by molar-refractivity contribution is -0.186. The average molecular weight is 343 g/mol. The summed E-state index contributed by atoms with van der Waals surface area (Å²) in [6.07, 6.45) is 1.55. The molecule has 0 bridgehead atoms.